The lowest BCUT2D eigenvalue weighted by Crippen LogP contribution is -2.66. The summed E-state index contributed by atoms with van der Waals surface area (Å²) in [5.41, 5.74) is 1.17. The van der Waals surface area contributed by atoms with Gasteiger partial charge in [0.05, 0.1) is 16.1 Å². The maximum Gasteiger partial charge on any atom is 0.409 e. The van der Waals surface area contributed by atoms with Crippen molar-refractivity contribution >= 4 is 22.2 Å². The van der Waals surface area contributed by atoms with E-state index in [1.807, 2.05) is 19.9 Å². The van der Waals surface area contributed by atoms with E-state index in [4.69, 9.17) is 4.74 Å². The fraction of sp³-hybridized carbons (Fsp3) is 0.611. The number of ether oxygens (including phenoxy) is 1. The van der Waals surface area contributed by atoms with Crippen LogP contribution in [0.25, 0.3) is 0 Å². The molecule has 0 saturated carbocycles. The molecule has 5 heteroatoms. The van der Waals surface area contributed by atoms with Crippen LogP contribution in [0.1, 0.15) is 19.4 Å². The molecule has 3 nitrogen and oxygen atoms in total. The van der Waals surface area contributed by atoms with Crippen LogP contribution in [0.15, 0.2) is 30.3 Å². The first-order valence-electron chi connectivity index (χ1n) is 8.54. The van der Waals surface area contributed by atoms with Crippen molar-refractivity contribution in [2.45, 2.75) is 58.0 Å². The van der Waals surface area contributed by atoms with E-state index in [2.05, 4.69) is 63.5 Å². The Bertz CT molecular complexity index is 500. The maximum absolute atomic E-state index is 12.8. The largest absolute Gasteiger partial charge is 0.446 e. The van der Waals surface area contributed by atoms with Crippen LogP contribution in [0.3, 0.4) is 0 Å². The monoisotopic (exact) mass is 351 g/mol. The molecule has 0 aliphatic carbocycles. The van der Waals surface area contributed by atoms with Crippen molar-refractivity contribution in [2.75, 3.05) is 13.1 Å². The number of benzene rings is 1. The second-order valence-electron chi connectivity index (χ2n) is 8.09. The Kier molecular flexibility index (Phi) is 6.27. The number of nitrogens with zero attached hydrogens (tertiary/aromatic N) is 1. The van der Waals surface area contributed by atoms with E-state index in [1.165, 1.54) is 5.56 Å². The summed E-state index contributed by atoms with van der Waals surface area (Å²) in [5, 5.41) is 0. The van der Waals surface area contributed by atoms with E-state index in [-0.39, 0.29) is 6.09 Å². The zero-order valence-electron chi connectivity index (χ0n) is 16.1. The Hall–Kier alpha value is -1.08. The van der Waals surface area contributed by atoms with Gasteiger partial charge in [-0.05, 0) is 19.4 Å². The minimum absolute atomic E-state index is 0.177. The Balaban J connectivity index is 3.51. The Morgan fingerprint density at radius 1 is 0.957 bits per heavy atom. The van der Waals surface area contributed by atoms with Gasteiger partial charge in [0.15, 0.2) is 0 Å². The summed E-state index contributed by atoms with van der Waals surface area (Å²) in [7, 11) is -3.71. The first-order chi connectivity index (χ1) is 10.5. The normalized spacial score (nSPS) is 12.9. The van der Waals surface area contributed by atoms with Crippen molar-refractivity contribution in [1.82, 2.24) is 4.90 Å². The third-order valence-electron chi connectivity index (χ3n) is 4.55. The van der Waals surface area contributed by atoms with Gasteiger partial charge in [-0.3, -0.25) is 0 Å². The SMILES string of the molecule is CCN(CC)C(=O)OC(c1ccccc1)([Si](C)(C)C)[Si](C)(C)C. The number of amides is 1. The van der Waals surface area contributed by atoms with E-state index in [0.717, 1.165) is 0 Å². The highest BCUT2D eigenvalue weighted by Crippen LogP contribution is 2.44. The van der Waals surface area contributed by atoms with E-state index < -0.39 is 21.0 Å². The lowest BCUT2D eigenvalue weighted by Gasteiger charge is -2.51. The van der Waals surface area contributed by atoms with Crippen molar-refractivity contribution < 1.29 is 9.53 Å². The van der Waals surface area contributed by atoms with Crippen LogP contribution in [0.2, 0.25) is 39.3 Å². The molecule has 0 spiro atoms. The molecule has 1 rings (SSSR count). The van der Waals surface area contributed by atoms with Gasteiger partial charge in [0, 0.05) is 13.1 Å². The lowest BCUT2D eigenvalue weighted by molar-refractivity contribution is 0.0684. The molecule has 1 amide bonds. The third kappa shape index (κ3) is 3.88. The minimum Gasteiger partial charge on any atom is -0.446 e. The minimum atomic E-state index is -1.86. The summed E-state index contributed by atoms with van der Waals surface area (Å²) in [6.07, 6.45) is -0.177. The molecule has 0 heterocycles. The fourth-order valence-electron chi connectivity index (χ4n) is 3.71. The summed E-state index contributed by atoms with van der Waals surface area (Å²) in [5.74, 6) is 0. The summed E-state index contributed by atoms with van der Waals surface area (Å²) >= 11 is 0. The predicted octanol–water partition coefficient (Wildman–Crippen LogP) is 5.12. The van der Waals surface area contributed by atoms with E-state index in [1.54, 1.807) is 4.90 Å². The molecule has 1 aromatic rings. The average molecular weight is 352 g/mol. The highest BCUT2D eigenvalue weighted by Gasteiger charge is 2.57. The predicted molar refractivity (Wildman–Crippen MR) is 104 cm³/mol. The van der Waals surface area contributed by atoms with Gasteiger partial charge in [0.1, 0.15) is 4.85 Å². The first-order valence-corrected chi connectivity index (χ1v) is 15.5. The van der Waals surface area contributed by atoms with Gasteiger partial charge in [0.2, 0.25) is 0 Å². The molecule has 0 aromatic heterocycles. The maximum atomic E-state index is 12.8. The van der Waals surface area contributed by atoms with Crippen molar-refractivity contribution in [3.05, 3.63) is 35.9 Å². The van der Waals surface area contributed by atoms with Crippen molar-refractivity contribution in [2.24, 2.45) is 0 Å². The van der Waals surface area contributed by atoms with E-state index in [9.17, 15) is 4.79 Å². The molecule has 0 aliphatic rings. The Morgan fingerprint density at radius 3 is 1.74 bits per heavy atom. The Morgan fingerprint density at radius 2 is 1.39 bits per heavy atom. The van der Waals surface area contributed by atoms with Crippen LogP contribution in [-0.4, -0.2) is 40.2 Å². The third-order valence-corrected chi connectivity index (χ3v) is 14.1. The fourth-order valence-corrected chi connectivity index (χ4v) is 15.6. The van der Waals surface area contributed by atoms with Crippen LogP contribution in [-0.2, 0) is 9.58 Å². The number of carbonyl (C=O) groups excluding carboxylic acids is 1. The van der Waals surface area contributed by atoms with Crippen LogP contribution in [0.5, 0.6) is 0 Å². The molecule has 0 fully saturated rings. The van der Waals surface area contributed by atoms with Crippen molar-refractivity contribution in [1.29, 1.82) is 0 Å². The highest BCUT2D eigenvalue weighted by atomic mass is 28.4. The Labute approximate surface area is 144 Å². The smallest absolute Gasteiger partial charge is 0.409 e. The summed E-state index contributed by atoms with van der Waals surface area (Å²) in [6, 6.07) is 10.4. The van der Waals surface area contributed by atoms with Crippen molar-refractivity contribution in [3.63, 3.8) is 0 Å². The van der Waals surface area contributed by atoms with Gasteiger partial charge in [0.25, 0.3) is 0 Å². The van der Waals surface area contributed by atoms with Gasteiger partial charge in [-0.25, -0.2) is 4.79 Å². The number of hydrogen-bond acceptors (Lipinski definition) is 2. The second-order valence-corrected chi connectivity index (χ2v) is 19.0. The zero-order chi connectivity index (χ0) is 17.9. The number of hydrogen-bond donors (Lipinski definition) is 0. The zero-order valence-corrected chi connectivity index (χ0v) is 18.1. The highest BCUT2D eigenvalue weighted by molar-refractivity contribution is 6.98. The van der Waals surface area contributed by atoms with E-state index >= 15 is 0 Å². The van der Waals surface area contributed by atoms with E-state index in [0.29, 0.717) is 13.1 Å². The van der Waals surface area contributed by atoms with Crippen LogP contribution in [0.4, 0.5) is 4.79 Å². The number of carbonyl (C=O) groups is 1. The topological polar surface area (TPSA) is 29.5 Å². The summed E-state index contributed by atoms with van der Waals surface area (Å²) < 4.78 is 6.41. The molecule has 0 radical (unpaired) electrons. The lowest BCUT2D eigenvalue weighted by atomic mass is 10.2. The second kappa shape index (κ2) is 7.22. The molecular weight excluding hydrogens is 318 g/mol. The molecular formula is C18H33NO2Si2. The molecule has 23 heavy (non-hydrogen) atoms. The van der Waals surface area contributed by atoms with Gasteiger partial charge >= 0.3 is 6.09 Å². The van der Waals surface area contributed by atoms with Crippen LogP contribution >= 0.6 is 0 Å². The summed E-state index contributed by atoms with van der Waals surface area (Å²) in [4.78, 5) is 14.2. The van der Waals surface area contributed by atoms with Crippen LogP contribution in [0, 0.1) is 0 Å². The van der Waals surface area contributed by atoms with Gasteiger partial charge < -0.3 is 9.64 Å². The van der Waals surface area contributed by atoms with Gasteiger partial charge in [-0.1, -0.05) is 69.6 Å². The van der Waals surface area contributed by atoms with Crippen LogP contribution < -0.4 is 0 Å². The molecule has 130 valence electrons. The molecule has 1 aromatic carbocycles. The molecule has 0 aliphatic heterocycles. The molecule has 0 atom stereocenters. The summed E-state index contributed by atoms with van der Waals surface area (Å²) in [6.45, 7) is 19.2. The quantitative estimate of drug-likeness (QED) is 0.666. The molecule has 0 bridgehead atoms. The van der Waals surface area contributed by atoms with Gasteiger partial charge in [-0.15, -0.1) is 0 Å². The molecule has 0 unspecified atom stereocenters. The molecule has 0 saturated heterocycles. The van der Waals surface area contributed by atoms with Gasteiger partial charge in [-0.2, -0.15) is 0 Å². The first kappa shape index (κ1) is 20.0. The standard InChI is InChI=1S/C18H33NO2Si2/c1-9-19(10-2)17(20)21-18(22(3,4)5,23(6,7)8)16-14-12-11-13-15-16/h11-15H,9-10H2,1-8H3. The number of rotatable bonds is 6. The molecule has 0 N–H and O–H groups in total. The van der Waals surface area contributed by atoms with Crippen molar-refractivity contribution in [3.8, 4) is 0 Å². The average Bonchev–Trinajstić information content (AvgIpc) is 2.44.